The van der Waals surface area contributed by atoms with Crippen LogP contribution in [0.25, 0.3) is 6.08 Å². The average Bonchev–Trinajstić information content (AvgIpc) is 3.01. The normalized spacial score (nSPS) is 16.7. The molecule has 1 aliphatic rings. The predicted octanol–water partition coefficient (Wildman–Crippen LogP) is 3.16. The van der Waals surface area contributed by atoms with Crippen molar-refractivity contribution in [3.63, 3.8) is 0 Å². The molecule has 1 saturated heterocycles. The monoisotopic (exact) mass is 332 g/mol. The number of hydrogen-bond donors (Lipinski definition) is 0. The van der Waals surface area contributed by atoms with Crippen LogP contribution >= 0.6 is 0 Å². The van der Waals surface area contributed by atoms with Gasteiger partial charge in [0, 0.05) is 6.08 Å². The van der Waals surface area contributed by atoms with Crippen molar-refractivity contribution in [2.24, 2.45) is 0 Å². The van der Waals surface area contributed by atoms with Gasteiger partial charge >= 0.3 is 6.09 Å². The number of benzene rings is 2. The number of carbonyl (C=O) groups excluding carboxylic acids is 2. The van der Waals surface area contributed by atoms with Crippen molar-refractivity contribution in [2.45, 2.75) is 12.5 Å². The van der Waals surface area contributed by atoms with Gasteiger partial charge in [-0.05, 0) is 35.8 Å². The summed E-state index contributed by atoms with van der Waals surface area (Å²) in [6.45, 7) is 0.199. The van der Waals surface area contributed by atoms with Crippen LogP contribution in [0, 0.1) is 11.3 Å². The molecule has 0 unspecified atom stereocenters. The van der Waals surface area contributed by atoms with Gasteiger partial charge in [-0.1, -0.05) is 42.5 Å². The first-order valence-corrected chi connectivity index (χ1v) is 7.89. The van der Waals surface area contributed by atoms with E-state index in [4.69, 9.17) is 10.00 Å². The Hall–Kier alpha value is -3.39. The molecule has 5 heteroatoms. The molecule has 1 aliphatic heterocycles. The van der Waals surface area contributed by atoms with Crippen molar-refractivity contribution in [3.8, 4) is 6.07 Å². The summed E-state index contributed by atoms with van der Waals surface area (Å²) in [5, 5.41) is 8.79. The van der Waals surface area contributed by atoms with Crippen LogP contribution in [0.15, 0.2) is 60.7 Å². The topological polar surface area (TPSA) is 70.4 Å². The number of amides is 2. The third-order valence-electron chi connectivity index (χ3n) is 3.97. The summed E-state index contributed by atoms with van der Waals surface area (Å²) < 4.78 is 5.05. The SMILES string of the molecule is N#Cc1ccc(C=CC(=O)N2C(=O)OC[C@@H]2Cc2ccccc2)cc1. The second kappa shape index (κ2) is 7.45. The van der Waals surface area contributed by atoms with Crippen LogP contribution in [0.2, 0.25) is 0 Å². The summed E-state index contributed by atoms with van der Waals surface area (Å²) in [6.07, 6.45) is 2.92. The van der Waals surface area contributed by atoms with Crippen LogP contribution in [0.5, 0.6) is 0 Å². The molecule has 1 heterocycles. The molecule has 124 valence electrons. The minimum Gasteiger partial charge on any atom is -0.447 e. The second-order valence-electron chi connectivity index (χ2n) is 5.70. The van der Waals surface area contributed by atoms with Gasteiger partial charge in [0.25, 0.3) is 5.91 Å². The minimum atomic E-state index is -0.615. The van der Waals surface area contributed by atoms with Gasteiger partial charge in [0.1, 0.15) is 6.61 Å². The van der Waals surface area contributed by atoms with Gasteiger partial charge in [-0.2, -0.15) is 5.26 Å². The van der Waals surface area contributed by atoms with Crippen LogP contribution in [-0.2, 0) is 16.0 Å². The van der Waals surface area contributed by atoms with Crippen molar-refractivity contribution in [1.29, 1.82) is 5.26 Å². The smallest absolute Gasteiger partial charge is 0.417 e. The zero-order valence-corrected chi connectivity index (χ0v) is 13.5. The molecule has 2 aromatic carbocycles. The quantitative estimate of drug-likeness (QED) is 0.806. The lowest BCUT2D eigenvalue weighted by Gasteiger charge is -2.18. The molecular weight excluding hydrogens is 316 g/mol. The fraction of sp³-hybridized carbons (Fsp3) is 0.150. The number of ether oxygens (including phenoxy) is 1. The second-order valence-corrected chi connectivity index (χ2v) is 5.70. The zero-order chi connectivity index (χ0) is 17.6. The van der Waals surface area contributed by atoms with E-state index in [0.29, 0.717) is 12.0 Å². The van der Waals surface area contributed by atoms with E-state index in [1.807, 2.05) is 36.4 Å². The van der Waals surface area contributed by atoms with E-state index >= 15 is 0 Å². The Kier molecular flexibility index (Phi) is 4.91. The zero-order valence-electron chi connectivity index (χ0n) is 13.5. The van der Waals surface area contributed by atoms with E-state index in [9.17, 15) is 9.59 Å². The molecule has 0 bridgehead atoms. The van der Waals surface area contributed by atoms with Crippen molar-refractivity contribution < 1.29 is 14.3 Å². The Balaban J connectivity index is 1.71. The molecular formula is C20H16N2O3. The summed E-state index contributed by atoms with van der Waals surface area (Å²) in [5.74, 6) is -0.409. The molecule has 25 heavy (non-hydrogen) atoms. The van der Waals surface area contributed by atoms with E-state index in [-0.39, 0.29) is 12.6 Å². The standard InChI is InChI=1S/C20H16N2O3/c21-13-17-8-6-15(7-9-17)10-11-19(23)22-18(14-25-20(22)24)12-16-4-2-1-3-5-16/h1-11,18H,12,14H2/t18-/m0/s1. The maximum absolute atomic E-state index is 12.4. The first-order valence-electron chi connectivity index (χ1n) is 7.89. The molecule has 3 rings (SSSR count). The van der Waals surface area contributed by atoms with Gasteiger partial charge in [0.05, 0.1) is 17.7 Å². The summed E-state index contributed by atoms with van der Waals surface area (Å²) >= 11 is 0. The molecule has 0 spiro atoms. The van der Waals surface area contributed by atoms with Gasteiger partial charge in [0.15, 0.2) is 0 Å². The molecule has 1 fully saturated rings. The number of nitrogens with zero attached hydrogens (tertiary/aromatic N) is 2. The number of rotatable bonds is 4. The van der Waals surface area contributed by atoms with Crippen LogP contribution in [-0.4, -0.2) is 29.5 Å². The molecule has 2 aromatic rings. The molecule has 0 aliphatic carbocycles. The van der Waals surface area contributed by atoms with Crippen LogP contribution in [0.3, 0.4) is 0 Å². The largest absolute Gasteiger partial charge is 0.447 e. The molecule has 0 aromatic heterocycles. The van der Waals surface area contributed by atoms with Crippen LogP contribution in [0.1, 0.15) is 16.7 Å². The number of cyclic esters (lactones) is 1. The van der Waals surface area contributed by atoms with Gasteiger partial charge in [-0.3, -0.25) is 4.79 Å². The maximum atomic E-state index is 12.4. The fourth-order valence-corrected chi connectivity index (χ4v) is 2.68. The van der Waals surface area contributed by atoms with Crippen molar-refractivity contribution in [2.75, 3.05) is 6.61 Å². The summed E-state index contributed by atoms with van der Waals surface area (Å²) in [6, 6.07) is 18.2. The lowest BCUT2D eigenvalue weighted by Crippen LogP contribution is -2.39. The summed E-state index contributed by atoms with van der Waals surface area (Å²) in [5.41, 5.74) is 2.37. The third kappa shape index (κ3) is 3.93. The van der Waals surface area contributed by atoms with Crippen LogP contribution < -0.4 is 0 Å². The van der Waals surface area contributed by atoms with Gasteiger partial charge in [-0.25, -0.2) is 9.69 Å². The molecule has 0 radical (unpaired) electrons. The van der Waals surface area contributed by atoms with Gasteiger partial charge in [0.2, 0.25) is 0 Å². The molecule has 0 N–H and O–H groups in total. The molecule has 2 amide bonds. The summed E-state index contributed by atoms with van der Waals surface area (Å²) in [7, 11) is 0. The van der Waals surface area contributed by atoms with Crippen LogP contribution in [0.4, 0.5) is 4.79 Å². The first kappa shape index (κ1) is 16.5. The lowest BCUT2D eigenvalue weighted by molar-refractivity contribution is -0.124. The molecule has 1 atom stereocenters. The Morgan fingerprint density at radius 1 is 1.20 bits per heavy atom. The lowest BCUT2D eigenvalue weighted by atomic mass is 10.1. The highest BCUT2D eigenvalue weighted by atomic mass is 16.6. The van der Waals surface area contributed by atoms with Crippen molar-refractivity contribution in [3.05, 3.63) is 77.4 Å². The van der Waals surface area contributed by atoms with Crippen molar-refractivity contribution >= 4 is 18.1 Å². The van der Waals surface area contributed by atoms with E-state index < -0.39 is 12.0 Å². The Morgan fingerprint density at radius 3 is 2.60 bits per heavy atom. The number of nitriles is 1. The highest BCUT2D eigenvalue weighted by molar-refractivity contribution is 6.02. The maximum Gasteiger partial charge on any atom is 0.417 e. The van der Waals surface area contributed by atoms with E-state index in [0.717, 1.165) is 16.0 Å². The van der Waals surface area contributed by atoms with Gasteiger partial charge in [-0.15, -0.1) is 0 Å². The summed E-state index contributed by atoms with van der Waals surface area (Å²) in [4.78, 5) is 25.5. The minimum absolute atomic E-state index is 0.199. The average molecular weight is 332 g/mol. The highest BCUT2D eigenvalue weighted by Gasteiger charge is 2.36. The van der Waals surface area contributed by atoms with Crippen molar-refractivity contribution in [1.82, 2.24) is 4.90 Å². The van der Waals surface area contributed by atoms with E-state index in [2.05, 4.69) is 0 Å². The highest BCUT2D eigenvalue weighted by Crippen LogP contribution is 2.18. The fourth-order valence-electron chi connectivity index (χ4n) is 2.68. The van der Waals surface area contributed by atoms with Gasteiger partial charge < -0.3 is 4.74 Å². The number of hydrogen-bond acceptors (Lipinski definition) is 4. The predicted molar refractivity (Wildman–Crippen MR) is 92.3 cm³/mol. The first-order chi connectivity index (χ1) is 12.2. The molecule has 0 saturated carbocycles. The Morgan fingerprint density at radius 2 is 1.92 bits per heavy atom. The van der Waals surface area contributed by atoms with E-state index in [1.54, 1.807) is 30.3 Å². The Labute approximate surface area is 145 Å². The Bertz CT molecular complexity index is 835. The molecule has 5 nitrogen and oxygen atoms in total. The number of imide groups is 1. The van der Waals surface area contributed by atoms with E-state index in [1.165, 1.54) is 6.08 Å². The third-order valence-corrected chi connectivity index (χ3v) is 3.97. The number of carbonyl (C=O) groups is 2.